The fourth-order valence-corrected chi connectivity index (χ4v) is 3.45. The van der Waals surface area contributed by atoms with Crippen molar-refractivity contribution in [1.29, 1.82) is 0 Å². The molecule has 4 aromatic rings. The molecule has 0 saturated carbocycles. The van der Waals surface area contributed by atoms with E-state index in [0.29, 0.717) is 5.75 Å². The number of carbonyl (C=O) groups excluding carboxylic acids is 1. The smallest absolute Gasteiger partial charge is 0.220 e. The zero-order valence-corrected chi connectivity index (χ0v) is 16.5. The molecule has 1 amide bonds. The van der Waals surface area contributed by atoms with Gasteiger partial charge in [0.15, 0.2) is 0 Å². The number of rotatable bonds is 6. The summed E-state index contributed by atoms with van der Waals surface area (Å²) in [4.78, 5) is 11.5. The van der Waals surface area contributed by atoms with Crippen molar-refractivity contribution in [2.75, 3.05) is 0 Å². The molecule has 0 fully saturated rings. The van der Waals surface area contributed by atoms with Crippen LogP contribution in [0.2, 0.25) is 0 Å². The van der Waals surface area contributed by atoms with E-state index in [9.17, 15) is 9.18 Å². The summed E-state index contributed by atoms with van der Waals surface area (Å²) < 4.78 is 21.2. The van der Waals surface area contributed by atoms with E-state index in [2.05, 4.69) is 17.3 Å². The van der Waals surface area contributed by atoms with Crippen molar-refractivity contribution in [3.8, 4) is 11.4 Å². The minimum atomic E-state index is -0.388. The van der Waals surface area contributed by atoms with Crippen molar-refractivity contribution in [3.63, 3.8) is 0 Å². The molecule has 1 N–H and O–H groups in total. The molecule has 0 aliphatic carbocycles. The summed E-state index contributed by atoms with van der Waals surface area (Å²) in [6, 6.07) is 21.3. The Morgan fingerprint density at radius 1 is 1.10 bits per heavy atom. The van der Waals surface area contributed by atoms with Gasteiger partial charge in [-0.15, -0.1) is 0 Å². The number of nitrogens with zero attached hydrogens (tertiary/aromatic N) is 2. The van der Waals surface area contributed by atoms with E-state index in [1.54, 1.807) is 23.0 Å². The van der Waals surface area contributed by atoms with Crippen LogP contribution in [0.15, 0.2) is 79.0 Å². The molecule has 2 atom stereocenters. The van der Waals surface area contributed by atoms with Crippen LogP contribution in [0, 0.1) is 12.7 Å². The Kier molecular flexibility index (Phi) is 5.48. The fraction of sp³-hybridized carbons (Fsp3) is 0.125. The van der Waals surface area contributed by atoms with E-state index < -0.39 is 0 Å². The lowest BCUT2D eigenvalue weighted by molar-refractivity contribution is -0.118. The number of benzene rings is 3. The number of halogens is 1. The summed E-state index contributed by atoms with van der Waals surface area (Å²) in [7, 11) is 0. The largest absolute Gasteiger partial charge is 0.484 e. The van der Waals surface area contributed by atoms with Crippen molar-refractivity contribution in [1.82, 2.24) is 15.1 Å². The number of amides is 1. The van der Waals surface area contributed by atoms with Gasteiger partial charge in [-0.05, 0) is 55.0 Å². The predicted octanol–water partition coefficient (Wildman–Crippen LogP) is 4.62. The fourth-order valence-electron chi connectivity index (χ4n) is 3.45. The van der Waals surface area contributed by atoms with E-state index >= 15 is 0 Å². The Balaban J connectivity index is 1.64. The van der Waals surface area contributed by atoms with Crippen LogP contribution in [0.3, 0.4) is 0 Å². The van der Waals surface area contributed by atoms with E-state index in [4.69, 9.17) is 4.74 Å². The third kappa shape index (κ3) is 4.17. The van der Waals surface area contributed by atoms with Crippen LogP contribution < -0.4 is 10.1 Å². The summed E-state index contributed by atoms with van der Waals surface area (Å²) in [5.74, 6) is 0.00423. The van der Waals surface area contributed by atoms with Gasteiger partial charge in [-0.25, -0.2) is 9.07 Å². The van der Waals surface area contributed by atoms with Gasteiger partial charge in [0.25, 0.3) is 0 Å². The van der Waals surface area contributed by atoms with Crippen LogP contribution in [0.1, 0.15) is 18.6 Å². The maximum Gasteiger partial charge on any atom is 0.220 e. The SMILES string of the molecule is [CH2]C(=O)N[C@@H](C)[C@H](Oc1ccc2c(cnn2-c2ccc(F)cc2)c1)c1ccccc1. The number of ether oxygens (including phenoxy) is 1. The molecule has 0 saturated heterocycles. The second-order valence-corrected chi connectivity index (χ2v) is 7.06. The molecular formula is C24H21FN3O2. The van der Waals surface area contributed by atoms with Gasteiger partial charge in [-0.3, -0.25) is 4.79 Å². The highest BCUT2D eigenvalue weighted by molar-refractivity contribution is 5.82. The Bertz CT molecular complexity index is 1160. The summed E-state index contributed by atoms with van der Waals surface area (Å²) in [5, 5.41) is 8.11. The van der Waals surface area contributed by atoms with Crippen molar-refractivity contribution in [2.24, 2.45) is 0 Å². The highest BCUT2D eigenvalue weighted by Crippen LogP contribution is 2.29. The molecule has 151 valence electrons. The lowest BCUT2D eigenvalue weighted by Crippen LogP contribution is -2.38. The molecule has 0 bridgehead atoms. The Morgan fingerprint density at radius 2 is 1.83 bits per heavy atom. The van der Waals surface area contributed by atoms with Crippen molar-refractivity contribution < 1.29 is 13.9 Å². The predicted molar refractivity (Wildman–Crippen MR) is 114 cm³/mol. The third-order valence-corrected chi connectivity index (χ3v) is 4.84. The Labute approximate surface area is 174 Å². The van der Waals surface area contributed by atoms with Crippen LogP contribution in [0.5, 0.6) is 5.75 Å². The van der Waals surface area contributed by atoms with Gasteiger partial charge in [0.05, 0.1) is 23.4 Å². The normalized spacial score (nSPS) is 13.0. The maximum absolute atomic E-state index is 13.2. The van der Waals surface area contributed by atoms with Gasteiger partial charge in [-0.2, -0.15) is 5.10 Å². The highest BCUT2D eigenvalue weighted by atomic mass is 19.1. The zero-order chi connectivity index (χ0) is 21.1. The first kappa shape index (κ1) is 19.6. The summed E-state index contributed by atoms with van der Waals surface area (Å²) >= 11 is 0. The average Bonchev–Trinajstić information content (AvgIpc) is 3.16. The molecule has 0 aliphatic rings. The van der Waals surface area contributed by atoms with Crippen molar-refractivity contribution in [3.05, 3.63) is 97.3 Å². The first-order chi connectivity index (χ1) is 14.5. The molecule has 1 radical (unpaired) electrons. The van der Waals surface area contributed by atoms with Crippen LogP contribution >= 0.6 is 0 Å². The molecule has 1 aromatic heterocycles. The molecule has 5 nitrogen and oxygen atoms in total. The lowest BCUT2D eigenvalue weighted by Gasteiger charge is -2.26. The molecule has 30 heavy (non-hydrogen) atoms. The molecule has 0 aliphatic heterocycles. The van der Waals surface area contributed by atoms with Gasteiger partial charge in [0.2, 0.25) is 5.91 Å². The minimum absolute atomic E-state index is 0.282. The average molecular weight is 402 g/mol. The second-order valence-electron chi connectivity index (χ2n) is 7.06. The van der Waals surface area contributed by atoms with Gasteiger partial charge >= 0.3 is 0 Å². The maximum atomic E-state index is 13.2. The standard InChI is InChI=1S/C24H21FN3O2/c1-16(27-17(2)29)24(18-6-4-3-5-7-18)30-22-12-13-23-19(14-22)15-26-28(23)21-10-8-20(25)9-11-21/h3-16,24H,2H2,1H3,(H,27,29)/t16-,24-/m0/s1. The number of hydrogen-bond donors (Lipinski definition) is 1. The topological polar surface area (TPSA) is 56.1 Å². The Hall–Kier alpha value is -3.67. The van der Waals surface area contributed by atoms with Crippen LogP contribution in [-0.2, 0) is 4.79 Å². The first-order valence-corrected chi connectivity index (χ1v) is 9.59. The number of nitrogens with one attached hydrogen (secondary N) is 1. The molecular weight excluding hydrogens is 381 g/mol. The monoisotopic (exact) mass is 402 g/mol. The second kappa shape index (κ2) is 8.37. The zero-order valence-electron chi connectivity index (χ0n) is 16.5. The van der Waals surface area contributed by atoms with E-state index in [-0.39, 0.29) is 23.9 Å². The lowest BCUT2D eigenvalue weighted by atomic mass is 10.0. The first-order valence-electron chi connectivity index (χ1n) is 9.59. The molecule has 3 aromatic carbocycles. The highest BCUT2D eigenvalue weighted by Gasteiger charge is 2.22. The van der Waals surface area contributed by atoms with Gasteiger partial charge in [0, 0.05) is 12.3 Å². The van der Waals surface area contributed by atoms with E-state index in [1.807, 2.05) is 55.5 Å². The number of aromatic nitrogens is 2. The number of hydrogen-bond acceptors (Lipinski definition) is 3. The van der Waals surface area contributed by atoms with Crippen LogP contribution in [0.4, 0.5) is 4.39 Å². The Morgan fingerprint density at radius 3 is 2.53 bits per heavy atom. The molecule has 0 unspecified atom stereocenters. The van der Waals surface area contributed by atoms with Gasteiger partial charge < -0.3 is 10.1 Å². The quantitative estimate of drug-likeness (QED) is 0.512. The van der Waals surface area contributed by atoms with Crippen LogP contribution in [-0.4, -0.2) is 21.7 Å². The molecule has 4 rings (SSSR count). The van der Waals surface area contributed by atoms with Gasteiger partial charge in [0.1, 0.15) is 17.7 Å². The molecule has 6 heteroatoms. The minimum Gasteiger partial charge on any atom is -0.484 e. The van der Waals surface area contributed by atoms with E-state index in [1.165, 1.54) is 12.1 Å². The summed E-state index contributed by atoms with van der Waals surface area (Å²) in [5.41, 5.74) is 2.60. The van der Waals surface area contributed by atoms with Crippen molar-refractivity contribution in [2.45, 2.75) is 19.1 Å². The van der Waals surface area contributed by atoms with E-state index in [0.717, 1.165) is 22.2 Å². The van der Waals surface area contributed by atoms with Crippen LogP contribution in [0.25, 0.3) is 16.6 Å². The summed E-state index contributed by atoms with van der Waals surface area (Å²) in [6.07, 6.45) is 1.35. The molecule has 1 heterocycles. The third-order valence-electron chi connectivity index (χ3n) is 4.84. The number of carbonyl (C=O) groups is 1. The summed E-state index contributed by atoms with van der Waals surface area (Å²) in [6.45, 7) is 5.28. The molecule has 0 spiro atoms. The van der Waals surface area contributed by atoms with Gasteiger partial charge in [-0.1, -0.05) is 30.3 Å². The number of fused-ring (bicyclic) bond motifs is 1. The van der Waals surface area contributed by atoms with Crippen molar-refractivity contribution >= 4 is 16.8 Å².